The van der Waals surface area contributed by atoms with Crippen LogP contribution in [0.2, 0.25) is 0 Å². The Bertz CT molecular complexity index is 656. The van der Waals surface area contributed by atoms with Crippen molar-refractivity contribution >= 4 is 15.7 Å². The summed E-state index contributed by atoms with van der Waals surface area (Å²) in [6, 6.07) is 4.03. The summed E-state index contributed by atoms with van der Waals surface area (Å²) in [5.41, 5.74) is 1.19. The number of pyridine rings is 1. The van der Waals surface area contributed by atoms with Gasteiger partial charge >= 0.3 is 0 Å². The molecule has 0 aliphatic carbocycles. The highest BCUT2D eigenvalue weighted by molar-refractivity contribution is 7.91. The number of likely N-dealkylation sites (tertiary alicyclic amines) is 1. The molecule has 6 nitrogen and oxygen atoms in total. The molecular weight excluding hydrogens is 314 g/mol. The fraction of sp³-hybridized carbons (Fsp3) is 0.625. The third-order valence-electron chi connectivity index (χ3n) is 4.90. The first-order valence-corrected chi connectivity index (χ1v) is 9.85. The van der Waals surface area contributed by atoms with E-state index < -0.39 is 9.84 Å². The van der Waals surface area contributed by atoms with Crippen molar-refractivity contribution in [3.05, 3.63) is 30.1 Å². The van der Waals surface area contributed by atoms with Crippen LogP contribution in [-0.2, 0) is 14.6 Å². The number of sulfone groups is 1. The zero-order valence-electron chi connectivity index (χ0n) is 13.4. The molecule has 0 unspecified atom stereocenters. The van der Waals surface area contributed by atoms with Crippen LogP contribution in [0, 0.1) is 0 Å². The summed E-state index contributed by atoms with van der Waals surface area (Å²) < 4.78 is 23.0. The van der Waals surface area contributed by atoms with E-state index in [2.05, 4.69) is 4.98 Å². The van der Waals surface area contributed by atoms with Crippen LogP contribution in [0.5, 0.6) is 0 Å². The van der Waals surface area contributed by atoms with Gasteiger partial charge in [-0.1, -0.05) is 6.07 Å². The van der Waals surface area contributed by atoms with Crippen molar-refractivity contribution in [1.29, 1.82) is 0 Å². The molecular formula is C16H23N3O3S. The van der Waals surface area contributed by atoms with Gasteiger partial charge in [0, 0.05) is 50.4 Å². The Morgan fingerprint density at radius 2 is 2.22 bits per heavy atom. The number of aromatic nitrogens is 1. The van der Waals surface area contributed by atoms with Crippen LogP contribution in [0.25, 0.3) is 0 Å². The second-order valence-corrected chi connectivity index (χ2v) is 8.80. The third kappa shape index (κ3) is 3.90. The summed E-state index contributed by atoms with van der Waals surface area (Å²) in [4.78, 5) is 20.2. The van der Waals surface area contributed by atoms with Crippen LogP contribution >= 0.6 is 0 Å². The van der Waals surface area contributed by atoms with Crippen LogP contribution < -0.4 is 0 Å². The lowest BCUT2D eigenvalue weighted by atomic mass is 9.92. The molecule has 2 aliphatic heterocycles. The minimum absolute atomic E-state index is 0.0623. The van der Waals surface area contributed by atoms with E-state index in [4.69, 9.17) is 0 Å². The predicted molar refractivity (Wildman–Crippen MR) is 87.9 cm³/mol. The van der Waals surface area contributed by atoms with Crippen molar-refractivity contribution < 1.29 is 13.2 Å². The SMILES string of the molecule is CN(CCC(=O)N1CC(c2cccnc2)C1)[C@H]1CCS(=O)(=O)C1. The van der Waals surface area contributed by atoms with Crippen LogP contribution in [0.15, 0.2) is 24.5 Å². The fourth-order valence-corrected chi connectivity index (χ4v) is 5.05. The first-order chi connectivity index (χ1) is 10.9. The van der Waals surface area contributed by atoms with E-state index in [1.54, 1.807) is 6.20 Å². The average Bonchev–Trinajstić information content (AvgIpc) is 2.84. The quantitative estimate of drug-likeness (QED) is 0.783. The molecule has 7 heteroatoms. The fourth-order valence-electron chi connectivity index (χ4n) is 3.25. The van der Waals surface area contributed by atoms with Crippen molar-refractivity contribution in [2.24, 2.45) is 0 Å². The molecule has 1 aromatic rings. The molecule has 1 atom stereocenters. The summed E-state index contributed by atoms with van der Waals surface area (Å²) in [7, 11) is -0.960. The van der Waals surface area contributed by atoms with Crippen molar-refractivity contribution in [3.63, 3.8) is 0 Å². The van der Waals surface area contributed by atoms with E-state index >= 15 is 0 Å². The maximum absolute atomic E-state index is 12.2. The second-order valence-electron chi connectivity index (χ2n) is 6.57. The molecule has 0 bridgehead atoms. The molecule has 0 radical (unpaired) electrons. The zero-order chi connectivity index (χ0) is 16.4. The summed E-state index contributed by atoms with van der Waals surface area (Å²) in [5.74, 6) is 1.04. The van der Waals surface area contributed by atoms with E-state index in [1.807, 2.05) is 35.2 Å². The summed E-state index contributed by atoms with van der Waals surface area (Å²) in [5, 5.41) is 0. The molecule has 1 aromatic heterocycles. The number of hydrogen-bond donors (Lipinski definition) is 0. The maximum atomic E-state index is 12.2. The minimum atomic E-state index is -2.87. The molecule has 0 saturated carbocycles. The molecule has 126 valence electrons. The van der Waals surface area contributed by atoms with E-state index in [0.29, 0.717) is 25.3 Å². The normalized spacial score (nSPS) is 23.9. The number of carbonyl (C=O) groups is 1. The van der Waals surface area contributed by atoms with Gasteiger partial charge in [0.25, 0.3) is 0 Å². The molecule has 1 amide bonds. The highest BCUT2D eigenvalue weighted by atomic mass is 32.2. The van der Waals surface area contributed by atoms with Gasteiger partial charge in [-0.05, 0) is 25.1 Å². The number of amides is 1. The maximum Gasteiger partial charge on any atom is 0.223 e. The standard InChI is InChI=1S/C16H23N3O3S/c1-18(15-5-8-23(21,22)12-15)7-4-16(20)19-10-14(11-19)13-3-2-6-17-9-13/h2-3,6,9,14-15H,4-5,7-8,10-12H2,1H3/t15-/m0/s1. The van der Waals surface area contributed by atoms with Gasteiger partial charge < -0.3 is 9.80 Å². The Hall–Kier alpha value is -1.47. The van der Waals surface area contributed by atoms with E-state index in [-0.39, 0.29) is 23.5 Å². The Morgan fingerprint density at radius 1 is 1.43 bits per heavy atom. The summed E-state index contributed by atoms with van der Waals surface area (Å²) >= 11 is 0. The van der Waals surface area contributed by atoms with Gasteiger partial charge in [-0.25, -0.2) is 8.42 Å². The van der Waals surface area contributed by atoms with Crippen LogP contribution in [0.4, 0.5) is 0 Å². The molecule has 2 saturated heterocycles. The lowest BCUT2D eigenvalue weighted by Gasteiger charge is -2.40. The molecule has 3 rings (SSSR count). The first kappa shape index (κ1) is 16.4. The Labute approximate surface area is 137 Å². The van der Waals surface area contributed by atoms with Gasteiger partial charge in [-0.3, -0.25) is 9.78 Å². The van der Waals surface area contributed by atoms with E-state index in [9.17, 15) is 13.2 Å². The van der Waals surface area contributed by atoms with Gasteiger partial charge in [0.1, 0.15) is 0 Å². The van der Waals surface area contributed by atoms with Gasteiger partial charge in [0.15, 0.2) is 9.84 Å². The van der Waals surface area contributed by atoms with Crippen LogP contribution in [0.1, 0.15) is 24.3 Å². The van der Waals surface area contributed by atoms with Gasteiger partial charge in [-0.2, -0.15) is 0 Å². The van der Waals surface area contributed by atoms with E-state index in [0.717, 1.165) is 13.1 Å². The monoisotopic (exact) mass is 337 g/mol. The zero-order valence-corrected chi connectivity index (χ0v) is 14.2. The Balaban J connectivity index is 1.41. The predicted octanol–water partition coefficient (Wildman–Crippen LogP) is 0.516. The van der Waals surface area contributed by atoms with Crippen molar-refractivity contribution in [2.75, 3.05) is 38.2 Å². The van der Waals surface area contributed by atoms with Gasteiger partial charge in [0.05, 0.1) is 11.5 Å². The topological polar surface area (TPSA) is 70.6 Å². The smallest absolute Gasteiger partial charge is 0.223 e. The van der Waals surface area contributed by atoms with Crippen LogP contribution in [-0.4, -0.2) is 73.3 Å². The minimum Gasteiger partial charge on any atom is -0.341 e. The Morgan fingerprint density at radius 3 is 2.83 bits per heavy atom. The molecule has 0 aromatic carbocycles. The third-order valence-corrected chi connectivity index (χ3v) is 6.65. The van der Waals surface area contributed by atoms with Crippen molar-refractivity contribution in [3.8, 4) is 0 Å². The van der Waals surface area contributed by atoms with Gasteiger partial charge in [0.2, 0.25) is 5.91 Å². The van der Waals surface area contributed by atoms with Crippen molar-refractivity contribution in [1.82, 2.24) is 14.8 Å². The molecule has 3 heterocycles. The first-order valence-electron chi connectivity index (χ1n) is 8.03. The summed E-state index contributed by atoms with van der Waals surface area (Å²) in [6.07, 6.45) is 4.75. The average molecular weight is 337 g/mol. The Kier molecular flexibility index (Phi) is 4.68. The second kappa shape index (κ2) is 6.57. The largest absolute Gasteiger partial charge is 0.341 e. The lowest BCUT2D eigenvalue weighted by Crippen LogP contribution is -2.49. The van der Waals surface area contributed by atoms with Crippen molar-refractivity contribution in [2.45, 2.75) is 24.8 Å². The summed E-state index contributed by atoms with van der Waals surface area (Å²) in [6.45, 7) is 2.13. The number of rotatable bonds is 5. The molecule has 23 heavy (non-hydrogen) atoms. The highest BCUT2D eigenvalue weighted by Crippen LogP contribution is 2.26. The molecule has 2 fully saturated rings. The number of hydrogen-bond acceptors (Lipinski definition) is 5. The lowest BCUT2D eigenvalue weighted by molar-refractivity contribution is -0.136. The molecule has 0 spiro atoms. The number of nitrogens with zero attached hydrogens (tertiary/aromatic N) is 3. The molecule has 2 aliphatic rings. The van der Waals surface area contributed by atoms with Crippen LogP contribution in [0.3, 0.4) is 0 Å². The van der Waals surface area contributed by atoms with Gasteiger partial charge in [-0.15, -0.1) is 0 Å². The highest BCUT2D eigenvalue weighted by Gasteiger charge is 2.33. The van der Waals surface area contributed by atoms with E-state index in [1.165, 1.54) is 5.56 Å². The number of carbonyl (C=O) groups excluding carboxylic acids is 1. The molecule has 0 N–H and O–H groups in total.